The molecule has 1 atom stereocenters. The van der Waals surface area contributed by atoms with Crippen LogP contribution >= 0.6 is 0 Å². The van der Waals surface area contributed by atoms with Crippen molar-refractivity contribution in [1.82, 2.24) is 4.90 Å². The number of nitrogens with zero attached hydrogens (tertiary/aromatic N) is 1. The third-order valence-corrected chi connectivity index (χ3v) is 8.13. The maximum absolute atomic E-state index is 13.0. The van der Waals surface area contributed by atoms with Gasteiger partial charge in [-0.1, -0.05) is 78.6 Å². The highest BCUT2D eigenvalue weighted by Gasteiger charge is 2.33. The highest BCUT2D eigenvalue weighted by atomic mass is 16.3. The normalized spacial score (nSPS) is 18.4. The van der Waals surface area contributed by atoms with Crippen molar-refractivity contribution >= 4 is 11.5 Å². The molecule has 0 bridgehead atoms. The number of aromatic hydroxyl groups is 1. The van der Waals surface area contributed by atoms with E-state index in [0.717, 1.165) is 36.9 Å². The van der Waals surface area contributed by atoms with E-state index in [9.17, 15) is 9.90 Å². The first-order valence-electron chi connectivity index (χ1n) is 13.5. The Morgan fingerprint density at radius 1 is 0.889 bits per heavy atom. The van der Waals surface area contributed by atoms with Gasteiger partial charge in [-0.05, 0) is 92.3 Å². The van der Waals surface area contributed by atoms with Gasteiger partial charge < -0.3 is 10.0 Å². The zero-order valence-corrected chi connectivity index (χ0v) is 21.5. The predicted octanol–water partition coefficient (Wildman–Crippen LogP) is 8.08. The number of phenolic OH excluding ortho intramolecular Hbond substituents is 1. The average Bonchev–Trinajstić information content (AvgIpc) is 3.51. The number of hydrogen-bond donors (Lipinski definition) is 1. The second-order valence-corrected chi connectivity index (χ2v) is 10.5. The lowest BCUT2D eigenvalue weighted by Crippen LogP contribution is -2.27. The smallest absolute Gasteiger partial charge is 0.254 e. The van der Waals surface area contributed by atoms with Crippen LogP contribution in [0.25, 0.3) is 5.57 Å². The van der Waals surface area contributed by atoms with Gasteiger partial charge in [0.2, 0.25) is 0 Å². The van der Waals surface area contributed by atoms with Crippen LogP contribution in [0.5, 0.6) is 5.75 Å². The van der Waals surface area contributed by atoms with Gasteiger partial charge in [0.15, 0.2) is 0 Å². The van der Waals surface area contributed by atoms with Crippen LogP contribution in [-0.2, 0) is 0 Å². The van der Waals surface area contributed by atoms with Crippen LogP contribution in [0.4, 0.5) is 0 Å². The number of amides is 1. The average molecular weight is 480 g/mol. The molecule has 3 aromatic rings. The van der Waals surface area contributed by atoms with Gasteiger partial charge in [-0.25, -0.2) is 0 Å². The minimum absolute atomic E-state index is 0.152. The zero-order chi connectivity index (χ0) is 25.1. The highest BCUT2D eigenvalue weighted by molar-refractivity contribution is 5.99. The Hall–Kier alpha value is -3.33. The van der Waals surface area contributed by atoms with E-state index in [2.05, 4.69) is 56.3 Å². The maximum Gasteiger partial charge on any atom is 0.254 e. The molecule has 1 unspecified atom stereocenters. The maximum atomic E-state index is 13.0. The number of carbonyl (C=O) groups excluding carboxylic acids is 1. The molecule has 186 valence electrons. The van der Waals surface area contributed by atoms with Gasteiger partial charge in [0.25, 0.3) is 5.91 Å². The molecule has 0 aromatic heterocycles. The van der Waals surface area contributed by atoms with Crippen molar-refractivity contribution in [2.75, 3.05) is 6.54 Å². The molecule has 1 aliphatic heterocycles. The van der Waals surface area contributed by atoms with Crippen molar-refractivity contribution in [1.29, 1.82) is 0 Å². The molecule has 1 N–H and O–H groups in total. The molecular formula is C33H37NO2. The molecule has 1 amide bonds. The molecule has 1 aliphatic carbocycles. The summed E-state index contributed by atoms with van der Waals surface area (Å²) in [5.41, 5.74) is 8.60. The molecule has 1 heterocycles. The molecule has 3 aromatic carbocycles. The second kappa shape index (κ2) is 10.7. The molecule has 0 radical (unpaired) electrons. The van der Waals surface area contributed by atoms with Gasteiger partial charge in [-0.3, -0.25) is 4.79 Å². The molecule has 3 nitrogen and oxygen atoms in total. The Morgan fingerprint density at radius 2 is 1.53 bits per heavy atom. The number of carbonyl (C=O) groups is 1. The lowest BCUT2D eigenvalue weighted by Gasteiger charge is -2.24. The number of rotatable bonds is 8. The van der Waals surface area contributed by atoms with Gasteiger partial charge in [-0.2, -0.15) is 0 Å². The number of hydrogen-bond acceptors (Lipinski definition) is 2. The summed E-state index contributed by atoms with van der Waals surface area (Å²) in [6.45, 7) is 5.07. The first-order valence-corrected chi connectivity index (χ1v) is 13.5. The van der Waals surface area contributed by atoms with Gasteiger partial charge in [0, 0.05) is 12.1 Å². The molecule has 5 rings (SSSR count). The van der Waals surface area contributed by atoms with Crippen LogP contribution in [0.1, 0.15) is 90.5 Å². The van der Waals surface area contributed by atoms with Crippen LogP contribution in [0.15, 0.2) is 78.4 Å². The molecule has 36 heavy (non-hydrogen) atoms. The Kier molecular flexibility index (Phi) is 7.27. The highest BCUT2D eigenvalue weighted by Crippen LogP contribution is 2.41. The van der Waals surface area contributed by atoms with Crippen LogP contribution in [0.3, 0.4) is 0 Å². The number of phenols is 1. The van der Waals surface area contributed by atoms with Crippen molar-refractivity contribution in [3.8, 4) is 5.75 Å². The van der Waals surface area contributed by atoms with E-state index in [1.807, 2.05) is 23.1 Å². The Bertz CT molecular complexity index is 1190. The van der Waals surface area contributed by atoms with Gasteiger partial charge in [0.1, 0.15) is 5.75 Å². The zero-order valence-electron chi connectivity index (χ0n) is 21.5. The van der Waals surface area contributed by atoms with E-state index in [1.54, 1.807) is 17.7 Å². The lowest BCUT2D eigenvalue weighted by atomic mass is 9.83. The SMILES string of the molecule is Cc1ccc(/C(=C(/CCCCN2C(=O)c3ccccc3C2C)C2CCCC2)c2ccc(O)cc2)cc1. The van der Waals surface area contributed by atoms with Crippen molar-refractivity contribution in [3.63, 3.8) is 0 Å². The molecule has 1 fully saturated rings. The minimum atomic E-state index is 0.152. The Morgan fingerprint density at radius 3 is 2.19 bits per heavy atom. The number of benzene rings is 3. The molecule has 0 spiro atoms. The molecule has 0 saturated heterocycles. The fourth-order valence-corrected chi connectivity index (χ4v) is 6.14. The summed E-state index contributed by atoms with van der Waals surface area (Å²) >= 11 is 0. The summed E-state index contributed by atoms with van der Waals surface area (Å²) in [7, 11) is 0. The van der Waals surface area contributed by atoms with E-state index in [0.29, 0.717) is 11.7 Å². The van der Waals surface area contributed by atoms with Crippen molar-refractivity contribution < 1.29 is 9.90 Å². The van der Waals surface area contributed by atoms with E-state index < -0.39 is 0 Å². The fourth-order valence-electron chi connectivity index (χ4n) is 6.14. The number of fused-ring (bicyclic) bond motifs is 1. The topological polar surface area (TPSA) is 40.5 Å². The third-order valence-electron chi connectivity index (χ3n) is 8.13. The minimum Gasteiger partial charge on any atom is -0.508 e. The van der Waals surface area contributed by atoms with E-state index in [-0.39, 0.29) is 11.9 Å². The van der Waals surface area contributed by atoms with Gasteiger partial charge in [-0.15, -0.1) is 0 Å². The Labute approximate surface area is 215 Å². The summed E-state index contributed by atoms with van der Waals surface area (Å²) < 4.78 is 0. The number of allylic oxidation sites excluding steroid dienone is 1. The predicted molar refractivity (Wildman–Crippen MR) is 147 cm³/mol. The van der Waals surface area contributed by atoms with Crippen molar-refractivity contribution in [3.05, 3.63) is 106 Å². The van der Waals surface area contributed by atoms with Crippen LogP contribution < -0.4 is 0 Å². The monoisotopic (exact) mass is 479 g/mol. The first kappa shape index (κ1) is 24.4. The van der Waals surface area contributed by atoms with E-state index in [1.165, 1.54) is 47.9 Å². The van der Waals surface area contributed by atoms with E-state index in [4.69, 9.17) is 0 Å². The molecular weight excluding hydrogens is 442 g/mol. The second-order valence-electron chi connectivity index (χ2n) is 10.5. The van der Waals surface area contributed by atoms with Crippen LogP contribution in [0, 0.1) is 12.8 Å². The summed E-state index contributed by atoms with van der Waals surface area (Å²) in [4.78, 5) is 15.0. The Balaban J connectivity index is 1.39. The third kappa shape index (κ3) is 4.97. The summed E-state index contributed by atoms with van der Waals surface area (Å²) in [5, 5.41) is 9.93. The summed E-state index contributed by atoms with van der Waals surface area (Å²) in [6.07, 6.45) is 8.19. The van der Waals surface area contributed by atoms with Crippen LogP contribution in [0.2, 0.25) is 0 Å². The largest absolute Gasteiger partial charge is 0.508 e. The number of aryl methyl sites for hydroxylation is 1. The van der Waals surface area contributed by atoms with Gasteiger partial charge >= 0.3 is 0 Å². The standard InChI is InChI=1S/C33H37NO2/c1-23-14-16-26(17-15-23)32(27-18-20-28(35)21-19-27)30(25-9-3-4-10-25)12-7-8-22-34-24(2)29-11-5-6-13-31(29)33(34)36/h5-6,11,13-21,24-25,35H,3-4,7-10,12,22H2,1-2H3/b32-30+. The lowest BCUT2D eigenvalue weighted by molar-refractivity contribution is 0.0734. The molecule has 1 saturated carbocycles. The van der Waals surface area contributed by atoms with Gasteiger partial charge in [0.05, 0.1) is 6.04 Å². The number of unbranched alkanes of at least 4 members (excludes halogenated alkanes) is 1. The molecule has 3 heteroatoms. The van der Waals surface area contributed by atoms with Crippen LogP contribution in [-0.4, -0.2) is 22.5 Å². The molecule has 2 aliphatic rings. The fraction of sp³-hybridized carbons (Fsp3) is 0.364. The summed E-state index contributed by atoms with van der Waals surface area (Å²) in [5.74, 6) is 1.08. The quantitative estimate of drug-likeness (QED) is 0.332. The van der Waals surface area contributed by atoms with Crippen molar-refractivity contribution in [2.45, 2.75) is 64.8 Å². The van der Waals surface area contributed by atoms with Crippen molar-refractivity contribution in [2.24, 2.45) is 5.92 Å². The first-order chi connectivity index (χ1) is 17.5. The summed E-state index contributed by atoms with van der Waals surface area (Å²) in [6, 6.07) is 24.8. The van der Waals surface area contributed by atoms with E-state index >= 15 is 0 Å².